The molecule has 0 spiro atoms. The van der Waals surface area contributed by atoms with Crippen molar-refractivity contribution in [3.05, 3.63) is 53.1 Å². The Bertz CT molecular complexity index is 758. The number of rotatable bonds is 5. The lowest BCUT2D eigenvalue weighted by atomic mass is 10.1. The van der Waals surface area contributed by atoms with E-state index in [1.54, 1.807) is 0 Å². The number of anilines is 1. The van der Waals surface area contributed by atoms with Crippen LogP contribution in [-0.4, -0.2) is 26.3 Å². The molecular formula is C19H23N2O3+. The smallest absolute Gasteiger partial charge is 0.279 e. The zero-order valence-electron chi connectivity index (χ0n) is 14.3. The molecule has 0 radical (unpaired) electrons. The minimum Gasteiger partial charge on any atom is -0.454 e. The molecule has 1 aliphatic rings. The Balaban J connectivity index is 1.57. The van der Waals surface area contributed by atoms with Gasteiger partial charge in [0.2, 0.25) is 6.79 Å². The summed E-state index contributed by atoms with van der Waals surface area (Å²) in [5.74, 6) is 1.58. The first-order valence-corrected chi connectivity index (χ1v) is 8.09. The summed E-state index contributed by atoms with van der Waals surface area (Å²) in [6, 6.07) is 11.9. The molecule has 1 amide bonds. The molecule has 0 aliphatic carbocycles. The highest BCUT2D eigenvalue weighted by atomic mass is 16.7. The van der Waals surface area contributed by atoms with Crippen molar-refractivity contribution in [2.24, 2.45) is 0 Å². The number of carbonyl (C=O) groups is 1. The van der Waals surface area contributed by atoms with Gasteiger partial charge >= 0.3 is 0 Å². The maximum Gasteiger partial charge on any atom is 0.279 e. The summed E-state index contributed by atoms with van der Waals surface area (Å²) < 4.78 is 10.7. The molecule has 5 nitrogen and oxygen atoms in total. The van der Waals surface area contributed by atoms with Gasteiger partial charge in [-0.2, -0.15) is 0 Å². The normalized spacial score (nSPS) is 13.6. The van der Waals surface area contributed by atoms with Gasteiger partial charge in [-0.25, -0.2) is 0 Å². The lowest BCUT2D eigenvalue weighted by Gasteiger charge is -2.15. The summed E-state index contributed by atoms with van der Waals surface area (Å²) in [6.45, 7) is 5.49. The molecule has 5 heteroatoms. The van der Waals surface area contributed by atoms with Gasteiger partial charge in [0.25, 0.3) is 5.91 Å². The van der Waals surface area contributed by atoms with E-state index in [4.69, 9.17) is 9.47 Å². The van der Waals surface area contributed by atoms with Crippen LogP contribution in [0.25, 0.3) is 0 Å². The molecule has 0 saturated carbocycles. The van der Waals surface area contributed by atoms with Gasteiger partial charge in [-0.15, -0.1) is 0 Å². The zero-order valence-corrected chi connectivity index (χ0v) is 14.3. The largest absolute Gasteiger partial charge is 0.454 e. The Hall–Kier alpha value is -2.53. The fourth-order valence-corrected chi connectivity index (χ4v) is 2.82. The average molecular weight is 327 g/mol. The number of benzene rings is 2. The van der Waals surface area contributed by atoms with Gasteiger partial charge in [0.05, 0.1) is 7.05 Å². The highest BCUT2D eigenvalue weighted by Crippen LogP contribution is 2.32. The van der Waals surface area contributed by atoms with Crippen LogP contribution in [0.5, 0.6) is 11.5 Å². The van der Waals surface area contributed by atoms with Crippen molar-refractivity contribution in [2.45, 2.75) is 20.4 Å². The van der Waals surface area contributed by atoms with E-state index in [-0.39, 0.29) is 12.7 Å². The van der Waals surface area contributed by atoms with Gasteiger partial charge in [0.15, 0.2) is 18.0 Å². The van der Waals surface area contributed by atoms with E-state index in [0.29, 0.717) is 6.54 Å². The third kappa shape index (κ3) is 3.68. The van der Waals surface area contributed by atoms with Crippen LogP contribution in [0.3, 0.4) is 0 Å². The molecule has 1 atom stereocenters. The summed E-state index contributed by atoms with van der Waals surface area (Å²) in [7, 11) is 2.01. The molecule has 0 saturated heterocycles. The van der Waals surface area contributed by atoms with E-state index in [1.165, 1.54) is 5.56 Å². The monoisotopic (exact) mass is 327 g/mol. The maximum atomic E-state index is 12.3. The Morgan fingerprint density at radius 2 is 1.96 bits per heavy atom. The van der Waals surface area contributed by atoms with Gasteiger partial charge in [0, 0.05) is 11.3 Å². The number of ether oxygens (including phenoxy) is 2. The topological polar surface area (TPSA) is 52.0 Å². The number of likely N-dealkylation sites (N-methyl/N-ethyl adjacent to an activating group) is 1. The highest BCUT2D eigenvalue weighted by Gasteiger charge is 2.16. The predicted molar refractivity (Wildman–Crippen MR) is 92.6 cm³/mol. The van der Waals surface area contributed by atoms with Gasteiger partial charge in [-0.1, -0.05) is 12.1 Å². The van der Waals surface area contributed by atoms with E-state index < -0.39 is 0 Å². The number of hydrogen-bond donors (Lipinski definition) is 2. The summed E-state index contributed by atoms with van der Waals surface area (Å²) in [4.78, 5) is 13.4. The molecule has 3 rings (SSSR count). The van der Waals surface area contributed by atoms with Crippen LogP contribution in [0.2, 0.25) is 0 Å². The first-order valence-electron chi connectivity index (χ1n) is 8.09. The summed E-state index contributed by atoms with van der Waals surface area (Å²) in [5.41, 5.74) is 4.29. The van der Waals surface area contributed by atoms with E-state index in [2.05, 4.69) is 5.32 Å². The van der Waals surface area contributed by atoms with Crippen molar-refractivity contribution in [3.8, 4) is 11.5 Å². The van der Waals surface area contributed by atoms with Crippen LogP contribution in [0.1, 0.15) is 16.7 Å². The van der Waals surface area contributed by atoms with Crippen molar-refractivity contribution in [3.63, 3.8) is 0 Å². The molecule has 1 aliphatic heterocycles. The van der Waals surface area contributed by atoms with Crippen molar-refractivity contribution < 1.29 is 19.2 Å². The lowest BCUT2D eigenvalue weighted by Crippen LogP contribution is -3.08. The average Bonchev–Trinajstić information content (AvgIpc) is 2.99. The molecule has 0 bridgehead atoms. The number of quaternary nitrogens is 1. The number of carbonyl (C=O) groups excluding carboxylic acids is 1. The van der Waals surface area contributed by atoms with Crippen molar-refractivity contribution in [2.75, 3.05) is 25.7 Å². The Morgan fingerprint density at radius 1 is 1.17 bits per heavy atom. The van der Waals surface area contributed by atoms with E-state index >= 15 is 0 Å². The van der Waals surface area contributed by atoms with Crippen LogP contribution in [0.4, 0.5) is 5.69 Å². The second kappa shape index (κ2) is 6.93. The molecule has 126 valence electrons. The summed E-state index contributed by atoms with van der Waals surface area (Å²) in [6.07, 6.45) is 0. The fraction of sp³-hybridized carbons (Fsp3) is 0.316. The van der Waals surface area contributed by atoms with E-state index in [0.717, 1.165) is 39.8 Å². The number of amides is 1. The lowest BCUT2D eigenvalue weighted by molar-refractivity contribution is -0.885. The SMILES string of the molecule is Cc1cccc(NC(=O)C[NH+](C)Cc2ccc3c(c2)OCO3)c1C. The van der Waals surface area contributed by atoms with Gasteiger partial charge in [0.1, 0.15) is 6.54 Å². The second-order valence-electron chi connectivity index (χ2n) is 6.29. The molecule has 2 aromatic carbocycles. The van der Waals surface area contributed by atoms with Crippen molar-refractivity contribution in [1.29, 1.82) is 0 Å². The van der Waals surface area contributed by atoms with Crippen molar-refractivity contribution in [1.82, 2.24) is 0 Å². The summed E-state index contributed by atoms with van der Waals surface area (Å²) >= 11 is 0. The first-order chi connectivity index (χ1) is 11.5. The molecule has 1 unspecified atom stereocenters. The van der Waals surface area contributed by atoms with E-state index in [9.17, 15) is 4.79 Å². The Morgan fingerprint density at radius 3 is 2.79 bits per heavy atom. The standard InChI is InChI=1S/C19H22N2O3/c1-13-5-4-6-16(14(13)2)20-19(22)11-21(3)10-15-7-8-17-18(9-15)24-12-23-17/h4-9H,10-12H2,1-3H3,(H,20,22)/p+1. The minimum absolute atomic E-state index is 0.0157. The number of fused-ring (bicyclic) bond motifs is 1. The highest BCUT2D eigenvalue weighted by molar-refractivity contribution is 5.92. The molecule has 2 N–H and O–H groups in total. The van der Waals surface area contributed by atoms with Crippen LogP contribution in [-0.2, 0) is 11.3 Å². The molecular weight excluding hydrogens is 304 g/mol. The summed E-state index contributed by atoms with van der Waals surface area (Å²) in [5, 5.41) is 3.00. The van der Waals surface area contributed by atoms with Gasteiger partial charge in [-0.3, -0.25) is 4.79 Å². The Kier molecular flexibility index (Phi) is 4.71. The molecule has 1 heterocycles. The molecule has 0 fully saturated rings. The quantitative estimate of drug-likeness (QED) is 0.879. The number of hydrogen-bond acceptors (Lipinski definition) is 3. The molecule has 0 aromatic heterocycles. The number of nitrogens with one attached hydrogen (secondary N) is 2. The second-order valence-corrected chi connectivity index (χ2v) is 6.29. The fourth-order valence-electron chi connectivity index (χ4n) is 2.82. The van der Waals surface area contributed by atoms with Gasteiger partial charge in [-0.05, 0) is 49.2 Å². The molecule has 24 heavy (non-hydrogen) atoms. The van der Waals surface area contributed by atoms with Crippen LogP contribution >= 0.6 is 0 Å². The van der Waals surface area contributed by atoms with Crippen molar-refractivity contribution >= 4 is 11.6 Å². The Labute approximate surface area is 142 Å². The van der Waals surface area contributed by atoms with Crippen LogP contribution in [0, 0.1) is 13.8 Å². The van der Waals surface area contributed by atoms with Crippen LogP contribution in [0.15, 0.2) is 36.4 Å². The number of aryl methyl sites for hydroxylation is 1. The maximum absolute atomic E-state index is 12.3. The first kappa shape index (κ1) is 16.3. The van der Waals surface area contributed by atoms with Crippen LogP contribution < -0.4 is 19.7 Å². The van der Waals surface area contributed by atoms with E-state index in [1.807, 2.05) is 57.3 Å². The third-order valence-corrected chi connectivity index (χ3v) is 4.28. The minimum atomic E-state index is 0.0157. The zero-order chi connectivity index (χ0) is 17.1. The third-order valence-electron chi connectivity index (χ3n) is 4.28. The molecule has 2 aromatic rings. The van der Waals surface area contributed by atoms with Gasteiger partial charge < -0.3 is 19.7 Å². The predicted octanol–water partition coefficient (Wildman–Crippen LogP) is 1.69.